The minimum absolute atomic E-state index is 0.121. The van der Waals surface area contributed by atoms with Gasteiger partial charge in [-0.05, 0) is 38.1 Å². The molecule has 0 amide bonds. The van der Waals surface area contributed by atoms with Crippen LogP contribution in [0.25, 0.3) is 21.9 Å². The van der Waals surface area contributed by atoms with Crippen LogP contribution in [0.5, 0.6) is 0 Å². The molecule has 0 spiro atoms. The zero-order chi connectivity index (χ0) is 13.4. The first kappa shape index (κ1) is 11.8. The topological polar surface area (TPSA) is 39.4 Å². The van der Waals surface area contributed by atoms with Gasteiger partial charge in [0.05, 0.1) is 11.7 Å². The molecule has 3 nitrogen and oxygen atoms in total. The van der Waals surface area contributed by atoms with E-state index in [0.717, 1.165) is 21.9 Å². The molecule has 19 heavy (non-hydrogen) atoms. The molecule has 0 radical (unpaired) electrons. The molecule has 3 aromatic rings. The third kappa shape index (κ3) is 2.08. The predicted molar refractivity (Wildman–Crippen MR) is 74.3 cm³/mol. The Morgan fingerprint density at radius 2 is 1.79 bits per heavy atom. The van der Waals surface area contributed by atoms with E-state index in [1.54, 1.807) is 6.07 Å². The van der Waals surface area contributed by atoms with Crippen LogP contribution in [0.4, 0.5) is 0 Å². The molecule has 0 aliphatic rings. The van der Waals surface area contributed by atoms with Gasteiger partial charge in [0, 0.05) is 10.8 Å². The summed E-state index contributed by atoms with van der Waals surface area (Å²) in [6, 6.07) is 13.2. The number of carbonyl (C=O) groups is 1. The largest absolute Gasteiger partial charge is 0.459 e. The summed E-state index contributed by atoms with van der Waals surface area (Å²) in [6.45, 7) is 3.67. The Kier molecular flexibility index (Phi) is 2.75. The van der Waals surface area contributed by atoms with E-state index in [-0.39, 0.29) is 12.1 Å². The quantitative estimate of drug-likeness (QED) is 0.645. The van der Waals surface area contributed by atoms with E-state index < -0.39 is 0 Å². The summed E-state index contributed by atoms with van der Waals surface area (Å²) in [7, 11) is 0. The first-order chi connectivity index (χ1) is 9.15. The van der Waals surface area contributed by atoms with Gasteiger partial charge in [0.25, 0.3) is 0 Å². The summed E-state index contributed by atoms with van der Waals surface area (Å²) in [5.74, 6) is -0.304. The van der Waals surface area contributed by atoms with Crippen molar-refractivity contribution < 1.29 is 13.9 Å². The van der Waals surface area contributed by atoms with Gasteiger partial charge in [0.2, 0.25) is 0 Å². The van der Waals surface area contributed by atoms with Crippen molar-refractivity contribution in [3.8, 4) is 0 Å². The van der Waals surface area contributed by atoms with Crippen LogP contribution in [0.1, 0.15) is 24.2 Å². The van der Waals surface area contributed by atoms with Crippen LogP contribution < -0.4 is 0 Å². The number of carbonyl (C=O) groups excluding carboxylic acids is 1. The molecule has 0 unspecified atom stereocenters. The Hall–Kier alpha value is -2.29. The van der Waals surface area contributed by atoms with E-state index in [2.05, 4.69) is 0 Å². The average Bonchev–Trinajstić information content (AvgIpc) is 2.75. The number of furan rings is 1. The molecule has 0 atom stereocenters. The number of rotatable bonds is 2. The highest BCUT2D eigenvalue weighted by atomic mass is 16.5. The van der Waals surface area contributed by atoms with Crippen molar-refractivity contribution in [3.63, 3.8) is 0 Å². The second kappa shape index (κ2) is 4.43. The highest BCUT2D eigenvalue weighted by molar-refractivity contribution is 6.07. The first-order valence-electron chi connectivity index (χ1n) is 6.27. The van der Waals surface area contributed by atoms with Crippen molar-refractivity contribution in [3.05, 3.63) is 48.0 Å². The Labute approximate surface area is 110 Å². The van der Waals surface area contributed by atoms with Crippen molar-refractivity contribution in [1.82, 2.24) is 0 Å². The van der Waals surface area contributed by atoms with Gasteiger partial charge in [-0.15, -0.1) is 0 Å². The normalized spacial score (nSPS) is 11.3. The van der Waals surface area contributed by atoms with E-state index in [4.69, 9.17) is 9.15 Å². The summed E-state index contributed by atoms with van der Waals surface area (Å²) in [5, 5.41) is 1.95. The molecule has 1 aromatic heterocycles. The highest BCUT2D eigenvalue weighted by Crippen LogP contribution is 2.29. The highest BCUT2D eigenvalue weighted by Gasteiger charge is 2.12. The lowest BCUT2D eigenvalue weighted by molar-refractivity contribution is 0.0378. The lowest BCUT2D eigenvalue weighted by Crippen LogP contribution is -2.11. The van der Waals surface area contributed by atoms with Crippen LogP contribution in [-0.2, 0) is 4.74 Å². The molecular weight excluding hydrogens is 240 g/mol. The van der Waals surface area contributed by atoms with Gasteiger partial charge in [-0.1, -0.05) is 18.2 Å². The van der Waals surface area contributed by atoms with Crippen molar-refractivity contribution in [2.45, 2.75) is 20.0 Å². The van der Waals surface area contributed by atoms with Gasteiger partial charge in [0.1, 0.15) is 11.2 Å². The van der Waals surface area contributed by atoms with Crippen LogP contribution in [-0.4, -0.2) is 12.1 Å². The Morgan fingerprint density at radius 1 is 1.05 bits per heavy atom. The van der Waals surface area contributed by atoms with Crippen molar-refractivity contribution in [1.29, 1.82) is 0 Å². The van der Waals surface area contributed by atoms with Gasteiger partial charge in [-0.25, -0.2) is 4.79 Å². The average molecular weight is 254 g/mol. The van der Waals surface area contributed by atoms with Crippen LogP contribution >= 0.6 is 0 Å². The Balaban J connectivity index is 2.14. The summed E-state index contributed by atoms with van der Waals surface area (Å²) >= 11 is 0. The van der Waals surface area contributed by atoms with Gasteiger partial charge in [0.15, 0.2) is 0 Å². The molecule has 3 rings (SSSR count). The zero-order valence-electron chi connectivity index (χ0n) is 10.8. The number of hydrogen-bond acceptors (Lipinski definition) is 3. The fourth-order valence-corrected chi connectivity index (χ4v) is 2.14. The summed E-state index contributed by atoms with van der Waals surface area (Å²) < 4.78 is 10.9. The monoisotopic (exact) mass is 254 g/mol. The van der Waals surface area contributed by atoms with Crippen LogP contribution in [0, 0.1) is 0 Å². The molecule has 3 heteroatoms. The zero-order valence-corrected chi connectivity index (χ0v) is 10.8. The molecule has 96 valence electrons. The van der Waals surface area contributed by atoms with Crippen LogP contribution in [0.3, 0.4) is 0 Å². The van der Waals surface area contributed by atoms with Crippen LogP contribution in [0.15, 0.2) is 46.9 Å². The van der Waals surface area contributed by atoms with Gasteiger partial charge < -0.3 is 9.15 Å². The summed E-state index contributed by atoms with van der Waals surface area (Å²) in [4.78, 5) is 11.9. The van der Waals surface area contributed by atoms with Crippen molar-refractivity contribution in [2.24, 2.45) is 0 Å². The number of ether oxygens (including phenoxy) is 1. The standard InChI is InChI=1S/C16H14O3/c1-10(2)18-16(17)11-7-8-15-13(9-11)12-5-3-4-6-14(12)19-15/h3-10H,1-2H3. The van der Waals surface area contributed by atoms with E-state index in [9.17, 15) is 4.79 Å². The first-order valence-corrected chi connectivity index (χ1v) is 6.27. The second-order valence-corrected chi connectivity index (χ2v) is 4.76. The Morgan fingerprint density at radius 3 is 2.58 bits per heavy atom. The summed E-state index contributed by atoms with van der Waals surface area (Å²) in [6.07, 6.45) is -0.121. The van der Waals surface area contributed by atoms with E-state index >= 15 is 0 Å². The molecular formula is C16H14O3. The van der Waals surface area contributed by atoms with E-state index in [1.165, 1.54) is 0 Å². The fraction of sp³-hybridized carbons (Fsp3) is 0.188. The summed E-state index contributed by atoms with van der Waals surface area (Å²) in [5.41, 5.74) is 2.15. The maximum atomic E-state index is 11.9. The molecule has 0 N–H and O–H groups in total. The number of esters is 1. The number of fused-ring (bicyclic) bond motifs is 3. The SMILES string of the molecule is CC(C)OC(=O)c1ccc2oc3ccccc3c2c1. The maximum Gasteiger partial charge on any atom is 0.338 e. The number of hydrogen-bond donors (Lipinski definition) is 0. The molecule has 0 saturated carbocycles. The Bertz CT molecular complexity index is 753. The lowest BCUT2D eigenvalue weighted by Gasteiger charge is -2.07. The maximum absolute atomic E-state index is 11.9. The third-order valence-electron chi connectivity index (χ3n) is 2.96. The van der Waals surface area contributed by atoms with E-state index in [1.807, 2.05) is 50.2 Å². The molecule has 0 aliphatic heterocycles. The second-order valence-electron chi connectivity index (χ2n) is 4.76. The fourth-order valence-electron chi connectivity index (χ4n) is 2.14. The molecule has 0 bridgehead atoms. The van der Waals surface area contributed by atoms with Gasteiger partial charge >= 0.3 is 5.97 Å². The predicted octanol–water partition coefficient (Wildman–Crippen LogP) is 4.15. The number of para-hydroxylation sites is 1. The molecule has 1 heterocycles. The van der Waals surface area contributed by atoms with Crippen molar-refractivity contribution in [2.75, 3.05) is 0 Å². The number of benzene rings is 2. The van der Waals surface area contributed by atoms with Crippen molar-refractivity contribution >= 4 is 27.9 Å². The molecule has 0 aliphatic carbocycles. The minimum atomic E-state index is -0.304. The smallest absolute Gasteiger partial charge is 0.338 e. The van der Waals surface area contributed by atoms with Crippen LogP contribution in [0.2, 0.25) is 0 Å². The molecule has 0 saturated heterocycles. The van der Waals surface area contributed by atoms with Gasteiger partial charge in [-0.2, -0.15) is 0 Å². The molecule has 0 fully saturated rings. The van der Waals surface area contributed by atoms with Gasteiger partial charge in [-0.3, -0.25) is 0 Å². The molecule has 2 aromatic carbocycles. The lowest BCUT2D eigenvalue weighted by atomic mass is 10.1. The minimum Gasteiger partial charge on any atom is -0.459 e. The van der Waals surface area contributed by atoms with E-state index in [0.29, 0.717) is 5.56 Å². The third-order valence-corrected chi connectivity index (χ3v) is 2.96.